The molecule has 1 aliphatic rings. The summed E-state index contributed by atoms with van der Waals surface area (Å²) >= 11 is 3.40. The SMILES string of the molecule is CC1CCC(O)(Cc2cc(F)ccc2Br)C1. The third-order valence-electron chi connectivity index (χ3n) is 3.36. The van der Waals surface area contributed by atoms with Crippen LogP contribution in [-0.2, 0) is 6.42 Å². The van der Waals surface area contributed by atoms with Gasteiger partial charge < -0.3 is 5.11 Å². The van der Waals surface area contributed by atoms with Crippen LogP contribution in [-0.4, -0.2) is 10.7 Å². The maximum absolute atomic E-state index is 13.1. The second-order valence-electron chi connectivity index (χ2n) is 4.98. The van der Waals surface area contributed by atoms with Crippen molar-refractivity contribution in [2.75, 3.05) is 0 Å². The molecule has 1 aromatic rings. The first-order valence-electron chi connectivity index (χ1n) is 5.65. The topological polar surface area (TPSA) is 20.2 Å². The molecule has 1 aromatic carbocycles. The van der Waals surface area contributed by atoms with Crippen molar-refractivity contribution in [2.45, 2.75) is 38.2 Å². The molecule has 3 heteroatoms. The van der Waals surface area contributed by atoms with E-state index in [1.54, 1.807) is 6.07 Å². The first-order valence-corrected chi connectivity index (χ1v) is 6.44. The van der Waals surface area contributed by atoms with E-state index in [2.05, 4.69) is 22.9 Å². The average Bonchev–Trinajstić information content (AvgIpc) is 2.52. The smallest absolute Gasteiger partial charge is 0.123 e. The van der Waals surface area contributed by atoms with Crippen molar-refractivity contribution in [2.24, 2.45) is 5.92 Å². The molecule has 1 aliphatic carbocycles. The maximum atomic E-state index is 13.1. The fraction of sp³-hybridized carbons (Fsp3) is 0.538. The van der Waals surface area contributed by atoms with Crippen molar-refractivity contribution in [1.29, 1.82) is 0 Å². The zero-order chi connectivity index (χ0) is 11.8. The predicted octanol–water partition coefficient (Wildman–Crippen LogP) is 3.68. The number of halogens is 2. The third kappa shape index (κ3) is 2.64. The van der Waals surface area contributed by atoms with Crippen LogP contribution in [0.25, 0.3) is 0 Å². The second-order valence-corrected chi connectivity index (χ2v) is 5.84. The number of benzene rings is 1. The van der Waals surface area contributed by atoms with Crippen molar-refractivity contribution >= 4 is 15.9 Å². The Bertz CT molecular complexity index is 394. The molecule has 16 heavy (non-hydrogen) atoms. The van der Waals surface area contributed by atoms with Crippen molar-refractivity contribution in [3.05, 3.63) is 34.1 Å². The van der Waals surface area contributed by atoms with Crippen LogP contribution in [0.15, 0.2) is 22.7 Å². The molecule has 1 saturated carbocycles. The van der Waals surface area contributed by atoms with Gasteiger partial charge in [-0.2, -0.15) is 0 Å². The lowest BCUT2D eigenvalue weighted by atomic mass is 9.92. The summed E-state index contributed by atoms with van der Waals surface area (Å²) in [5.41, 5.74) is 0.215. The Morgan fingerprint density at radius 3 is 2.94 bits per heavy atom. The predicted molar refractivity (Wildman–Crippen MR) is 65.8 cm³/mol. The molecule has 0 radical (unpaired) electrons. The zero-order valence-electron chi connectivity index (χ0n) is 9.34. The molecule has 88 valence electrons. The summed E-state index contributed by atoms with van der Waals surface area (Å²) in [4.78, 5) is 0. The van der Waals surface area contributed by atoms with Crippen molar-refractivity contribution in [1.82, 2.24) is 0 Å². The molecule has 0 bridgehead atoms. The van der Waals surface area contributed by atoms with Gasteiger partial charge in [0.25, 0.3) is 0 Å². The van der Waals surface area contributed by atoms with E-state index in [9.17, 15) is 9.50 Å². The highest BCUT2D eigenvalue weighted by Gasteiger charge is 2.35. The lowest BCUT2D eigenvalue weighted by molar-refractivity contribution is 0.0444. The van der Waals surface area contributed by atoms with Gasteiger partial charge in [0.15, 0.2) is 0 Å². The molecule has 0 amide bonds. The molecular formula is C13H16BrFO. The van der Waals surface area contributed by atoms with Gasteiger partial charge in [0.05, 0.1) is 5.60 Å². The highest BCUT2D eigenvalue weighted by Crippen LogP contribution is 2.37. The number of hydrogen-bond acceptors (Lipinski definition) is 1. The van der Waals surface area contributed by atoms with Gasteiger partial charge in [0.1, 0.15) is 5.82 Å². The van der Waals surface area contributed by atoms with E-state index in [4.69, 9.17) is 0 Å². The minimum absolute atomic E-state index is 0.243. The Morgan fingerprint density at radius 1 is 1.56 bits per heavy atom. The van der Waals surface area contributed by atoms with Gasteiger partial charge in [0, 0.05) is 10.9 Å². The van der Waals surface area contributed by atoms with E-state index < -0.39 is 5.60 Å². The molecule has 0 aromatic heterocycles. The van der Waals surface area contributed by atoms with Gasteiger partial charge >= 0.3 is 0 Å². The van der Waals surface area contributed by atoms with Gasteiger partial charge in [-0.05, 0) is 48.9 Å². The van der Waals surface area contributed by atoms with E-state index in [-0.39, 0.29) is 5.82 Å². The van der Waals surface area contributed by atoms with Gasteiger partial charge in [-0.1, -0.05) is 22.9 Å². The highest BCUT2D eigenvalue weighted by molar-refractivity contribution is 9.10. The Balaban J connectivity index is 2.17. The summed E-state index contributed by atoms with van der Waals surface area (Å²) < 4.78 is 14.0. The molecule has 2 rings (SSSR count). The molecule has 1 N–H and O–H groups in total. The van der Waals surface area contributed by atoms with Crippen LogP contribution in [0.1, 0.15) is 31.7 Å². The van der Waals surface area contributed by atoms with Gasteiger partial charge in [-0.15, -0.1) is 0 Å². The van der Waals surface area contributed by atoms with Crippen LogP contribution in [0.4, 0.5) is 4.39 Å². The molecule has 2 unspecified atom stereocenters. The van der Waals surface area contributed by atoms with Crippen molar-refractivity contribution in [3.63, 3.8) is 0 Å². The number of aliphatic hydroxyl groups is 1. The lowest BCUT2D eigenvalue weighted by Crippen LogP contribution is -2.27. The molecule has 2 atom stereocenters. The maximum Gasteiger partial charge on any atom is 0.123 e. The van der Waals surface area contributed by atoms with E-state index in [0.29, 0.717) is 12.3 Å². The summed E-state index contributed by atoms with van der Waals surface area (Å²) in [5, 5.41) is 10.4. The summed E-state index contributed by atoms with van der Waals surface area (Å²) in [6, 6.07) is 4.63. The van der Waals surface area contributed by atoms with Gasteiger partial charge in [0.2, 0.25) is 0 Å². The molecule has 1 fully saturated rings. The third-order valence-corrected chi connectivity index (χ3v) is 4.13. The van der Waals surface area contributed by atoms with Crippen LogP contribution < -0.4 is 0 Å². The molecule has 0 spiro atoms. The normalized spacial score (nSPS) is 29.6. The van der Waals surface area contributed by atoms with Gasteiger partial charge in [-0.3, -0.25) is 0 Å². The zero-order valence-corrected chi connectivity index (χ0v) is 10.9. The summed E-state index contributed by atoms with van der Waals surface area (Å²) in [6.45, 7) is 2.15. The van der Waals surface area contributed by atoms with Gasteiger partial charge in [-0.25, -0.2) is 4.39 Å². The minimum Gasteiger partial charge on any atom is -0.390 e. The van der Waals surface area contributed by atoms with E-state index in [0.717, 1.165) is 29.3 Å². The Kier molecular flexibility index (Phi) is 3.36. The Hall–Kier alpha value is -0.410. The fourth-order valence-corrected chi connectivity index (χ4v) is 2.95. The minimum atomic E-state index is -0.643. The van der Waals surface area contributed by atoms with Crippen molar-refractivity contribution < 1.29 is 9.50 Å². The van der Waals surface area contributed by atoms with E-state index in [1.165, 1.54) is 12.1 Å². The number of rotatable bonds is 2. The van der Waals surface area contributed by atoms with Crippen LogP contribution in [0.5, 0.6) is 0 Å². The fourth-order valence-electron chi connectivity index (χ4n) is 2.56. The molecular weight excluding hydrogens is 271 g/mol. The first-order chi connectivity index (χ1) is 7.48. The molecule has 0 aliphatic heterocycles. The Labute approximate surface area is 104 Å². The van der Waals surface area contributed by atoms with Crippen LogP contribution >= 0.6 is 15.9 Å². The molecule has 0 saturated heterocycles. The van der Waals surface area contributed by atoms with E-state index >= 15 is 0 Å². The molecule has 1 nitrogen and oxygen atoms in total. The largest absolute Gasteiger partial charge is 0.390 e. The van der Waals surface area contributed by atoms with Crippen LogP contribution in [0.3, 0.4) is 0 Å². The summed E-state index contributed by atoms with van der Waals surface area (Å²) in [7, 11) is 0. The summed E-state index contributed by atoms with van der Waals surface area (Å²) in [6.07, 6.45) is 3.23. The first kappa shape index (κ1) is 12.1. The van der Waals surface area contributed by atoms with Crippen LogP contribution in [0.2, 0.25) is 0 Å². The number of hydrogen-bond donors (Lipinski definition) is 1. The highest BCUT2D eigenvalue weighted by atomic mass is 79.9. The van der Waals surface area contributed by atoms with Crippen molar-refractivity contribution in [3.8, 4) is 0 Å². The average molecular weight is 287 g/mol. The monoisotopic (exact) mass is 286 g/mol. The lowest BCUT2D eigenvalue weighted by Gasteiger charge is -2.23. The Morgan fingerprint density at radius 2 is 2.31 bits per heavy atom. The molecule has 0 heterocycles. The van der Waals surface area contributed by atoms with E-state index in [1.807, 2.05) is 0 Å². The second kappa shape index (κ2) is 4.46. The quantitative estimate of drug-likeness (QED) is 0.879. The van der Waals surface area contributed by atoms with Crippen LogP contribution in [0, 0.1) is 11.7 Å². The summed E-state index contributed by atoms with van der Waals surface area (Å²) in [5.74, 6) is 0.324. The standard InChI is InChI=1S/C13H16BrFO/c1-9-4-5-13(16,7-9)8-10-6-11(15)2-3-12(10)14/h2-3,6,9,16H,4-5,7-8H2,1H3.